The van der Waals surface area contributed by atoms with Crippen LogP contribution in [0.3, 0.4) is 0 Å². The van der Waals surface area contributed by atoms with Crippen LogP contribution in [0, 0.1) is 0 Å². The third-order valence-electron chi connectivity index (χ3n) is 9.57. The van der Waals surface area contributed by atoms with Gasteiger partial charge in [0.1, 0.15) is 18.1 Å². The largest absolute Gasteiger partial charge is 0.469 e. The minimum absolute atomic E-state index is 0.0332. The number of imidazole rings is 1. The number of methoxy groups -OCH3 is 1. The molecule has 1 saturated heterocycles. The summed E-state index contributed by atoms with van der Waals surface area (Å²) in [5.74, 6) is -0.270. The number of benzene rings is 2. The molecule has 1 aromatic heterocycles. The van der Waals surface area contributed by atoms with E-state index in [1.807, 2.05) is 53.8 Å². The molecule has 0 radical (unpaired) electrons. The highest BCUT2D eigenvalue weighted by Crippen LogP contribution is 2.32. The molecule has 5 N–H and O–H groups in total. The Labute approximate surface area is 300 Å². The summed E-state index contributed by atoms with van der Waals surface area (Å²) in [6.45, 7) is 5.85. The summed E-state index contributed by atoms with van der Waals surface area (Å²) < 4.78 is 11.8. The molecule has 0 aliphatic carbocycles. The molecule has 0 saturated carbocycles. The van der Waals surface area contributed by atoms with Gasteiger partial charge in [-0.25, -0.2) is 9.78 Å². The van der Waals surface area contributed by atoms with Crippen molar-refractivity contribution < 1.29 is 28.7 Å². The summed E-state index contributed by atoms with van der Waals surface area (Å²) in [6.07, 6.45) is 7.40. The number of amides is 2. The fourth-order valence-corrected chi connectivity index (χ4v) is 6.41. The van der Waals surface area contributed by atoms with Crippen LogP contribution >= 0.6 is 0 Å². The zero-order valence-electron chi connectivity index (χ0n) is 30.4. The van der Waals surface area contributed by atoms with Crippen molar-refractivity contribution in [1.29, 1.82) is 0 Å². The third-order valence-corrected chi connectivity index (χ3v) is 9.57. The second-order valence-corrected chi connectivity index (χ2v) is 13.4. The fraction of sp³-hybridized carbons (Fsp3) is 0.526. The van der Waals surface area contributed by atoms with Gasteiger partial charge in [0, 0.05) is 32.2 Å². The van der Waals surface area contributed by atoms with E-state index < -0.39 is 23.5 Å². The van der Waals surface area contributed by atoms with Gasteiger partial charge in [0.2, 0.25) is 5.91 Å². The molecule has 2 aromatic carbocycles. The Morgan fingerprint density at radius 1 is 1.02 bits per heavy atom. The van der Waals surface area contributed by atoms with Gasteiger partial charge >= 0.3 is 12.1 Å². The van der Waals surface area contributed by atoms with Crippen molar-refractivity contribution in [2.45, 2.75) is 83.1 Å². The maximum atomic E-state index is 13.9. The second-order valence-electron chi connectivity index (χ2n) is 13.4. The molecule has 1 fully saturated rings. The Balaban J connectivity index is 1.47. The highest BCUT2D eigenvalue weighted by Gasteiger charge is 2.39. The maximum Gasteiger partial charge on any atom is 0.435 e. The van der Waals surface area contributed by atoms with Crippen molar-refractivity contribution in [1.82, 2.24) is 19.8 Å². The quantitative estimate of drug-likeness (QED) is 0.0563. The summed E-state index contributed by atoms with van der Waals surface area (Å²) in [6, 6.07) is 12.3. The first-order valence-electron chi connectivity index (χ1n) is 17.9. The van der Waals surface area contributed by atoms with E-state index in [-0.39, 0.29) is 37.0 Å². The van der Waals surface area contributed by atoms with Gasteiger partial charge in [-0.2, -0.15) is 4.99 Å². The number of ketones is 1. The van der Waals surface area contributed by atoms with Crippen LogP contribution in [0.25, 0.3) is 11.0 Å². The number of esters is 1. The molecule has 1 aliphatic heterocycles. The Bertz CT molecular complexity index is 1700. The summed E-state index contributed by atoms with van der Waals surface area (Å²) >= 11 is 0. The van der Waals surface area contributed by atoms with Crippen LogP contribution in [0.5, 0.6) is 0 Å². The first-order chi connectivity index (χ1) is 24.5. The number of aromatic nitrogens is 2. The zero-order valence-corrected chi connectivity index (χ0v) is 30.4. The lowest BCUT2D eigenvalue weighted by Gasteiger charge is -2.33. The highest BCUT2D eigenvalue weighted by molar-refractivity contribution is 6.02. The van der Waals surface area contributed by atoms with E-state index in [0.717, 1.165) is 48.7 Å². The first-order valence-corrected chi connectivity index (χ1v) is 17.9. The number of aryl methyl sites for hydroxylation is 1. The minimum Gasteiger partial charge on any atom is -0.469 e. The van der Waals surface area contributed by atoms with Crippen LogP contribution < -0.4 is 16.8 Å². The molecule has 0 spiro atoms. The molecule has 13 heteroatoms. The van der Waals surface area contributed by atoms with Crippen molar-refractivity contribution in [3.05, 3.63) is 65.0 Å². The number of hydrogen-bond acceptors (Lipinski definition) is 9. The number of aliphatic imine (C=N–C) groups is 1. The standard InChI is InChI=1S/C38H53N7O6/c1-5-6-7-8-9-12-21-51-37(49)43-34(40)27-15-13-26(14-16-27)33(39)35-42-30-22-28(17-18-31(30)44(35)3)38(2,36(48)45-19-10-11-20-45)25-41-24-29(46)23-32(47)50-4/h13-18,22,33,41H,5-12,19-21,23-25,39H2,1-4H3,(H2,40,43,49). The van der Waals surface area contributed by atoms with Crippen molar-refractivity contribution in [3.8, 4) is 0 Å². The van der Waals surface area contributed by atoms with E-state index >= 15 is 0 Å². The van der Waals surface area contributed by atoms with E-state index in [9.17, 15) is 19.2 Å². The van der Waals surface area contributed by atoms with E-state index in [4.69, 9.17) is 21.2 Å². The van der Waals surface area contributed by atoms with Gasteiger partial charge in [0.25, 0.3) is 0 Å². The normalized spacial score (nSPS) is 15.1. The number of carbonyl (C=O) groups excluding carboxylic acids is 4. The number of likely N-dealkylation sites (tertiary alicyclic amines) is 1. The molecular formula is C38H53N7O6. The monoisotopic (exact) mass is 703 g/mol. The van der Waals surface area contributed by atoms with E-state index in [2.05, 4.69) is 22.0 Å². The number of nitrogens with one attached hydrogen (secondary N) is 1. The van der Waals surface area contributed by atoms with Crippen LogP contribution in [0.2, 0.25) is 0 Å². The number of carbonyl (C=O) groups is 4. The summed E-state index contributed by atoms with van der Waals surface area (Å²) in [5.41, 5.74) is 15.5. The predicted octanol–water partition coefficient (Wildman–Crippen LogP) is 4.43. The molecule has 13 nitrogen and oxygen atoms in total. The van der Waals surface area contributed by atoms with Gasteiger partial charge < -0.3 is 35.7 Å². The second kappa shape index (κ2) is 18.6. The molecule has 0 bridgehead atoms. The number of hydrogen-bond donors (Lipinski definition) is 3. The molecule has 51 heavy (non-hydrogen) atoms. The number of rotatable bonds is 18. The van der Waals surface area contributed by atoms with Crippen LogP contribution in [-0.4, -0.2) is 83.9 Å². The molecule has 2 amide bonds. The molecule has 3 aromatic rings. The summed E-state index contributed by atoms with van der Waals surface area (Å²) in [7, 11) is 3.13. The molecule has 2 atom stereocenters. The molecule has 1 aliphatic rings. The third kappa shape index (κ3) is 10.2. The van der Waals surface area contributed by atoms with Crippen LogP contribution in [0.4, 0.5) is 4.79 Å². The lowest BCUT2D eigenvalue weighted by atomic mass is 9.80. The Morgan fingerprint density at radius 3 is 2.39 bits per heavy atom. The molecule has 276 valence electrons. The van der Waals surface area contributed by atoms with Crippen molar-refractivity contribution >= 4 is 40.6 Å². The average molecular weight is 704 g/mol. The summed E-state index contributed by atoms with van der Waals surface area (Å²) in [5, 5.41) is 3.11. The molecular weight excluding hydrogens is 650 g/mol. The minimum atomic E-state index is -0.998. The topological polar surface area (TPSA) is 184 Å². The first kappa shape index (κ1) is 39.2. The van der Waals surface area contributed by atoms with E-state index in [1.165, 1.54) is 26.4 Å². The van der Waals surface area contributed by atoms with Gasteiger partial charge in [-0.3, -0.25) is 14.4 Å². The Hall–Kier alpha value is -4.62. The van der Waals surface area contributed by atoms with Gasteiger partial charge in [-0.15, -0.1) is 0 Å². The van der Waals surface area contributed by atoms with Gasteiger partial charge in [0.05, 0.1) is 42.8 Å². The van der Waals surface area contributed by atoms with Crippen molar-refractivity contribution in [2.24, 2.45) is 23.5 Å². The van der Waals surface area contributed by atoms with Crippen molar-refractivity contribution in [3.63, 3.8) is 0 Å². The fourth-order valence-electron chi connectivity index (χ4n) is 6.41. The van der Waals surface area contributed by atoms with E-state index in [1.54, 1.807) is 12.1 Å². The van der Waals surface area contributed by atoms with Gasteiger partial charge in [-0.1, -0.05) is 69.4 Å². The lowest BCUT2D eigenvalue weighted by Crippen LogP contribution is -2.50. The number of nitrogens with zero attached hydrogens (tertiary/aromatic N) is 4. The lowest BCUT2D eigenvalue weighted by molar-refractivity contribution is -0.143. The van der Waals surface area contributed by atoms with Gasteiger partial charge in [0.15, 0.2) is 5.78 Å². The predicted molar refractivity (Wildman–Crippen MR) is 196 cm³/mol. The average Bonchev–Trinajstić information content (AvgIpc) is 3.78. The summed E-state index contributed by atoms with van der Waals surface area (Å²) in [4.78, 5) is 60.6. The van der Waals surface area contributed by atoms with E-state index in [0.29, 0.717) is 36.6 Å². The molecule has 4 rings (SSSR count). The van der Waals surface area contributed by atoms with Crippen LogP contribution in [-0.2, 0) is 36.3 Å². The number of fused-ring (bicyclic) bond motifs is 1. The molecule has 2 heterocycles. The van der Waals surface area contributed by atoms with Crippen LogP contribution in [0.1, 0.15) is 100 Å². The number of unbranched alkanes of at least 4 members (excludes halogenated alkanes) is 5. The Kier molecular flexibility index (Phi) is 14.3. The zero-order chi connectivity index (χ0) is 37.0. The van der Waals surface area contributed by atoms with Crippen molar-refractivity contribution in [2.75, 3.05) is 39.9 Å². The number of amidine groups is 1. The SMILES string of the molecule is CCCCCCCCOC(=O)/N=C(\N)c1ccc(C(N)c2nc3cc(C(C)(CNCC(=O)CC(=O)OC)C(=O)N4CCCC4)ccc3n2C)cc1. The molecule has 2 unspecified atom stereocenters. The van der Waals surface area contributed by atoms with Crippen LogP contribution in [0.15, 0.2) is 47.5 Å². The maximum absolute atomic E-state index is 13.9. The number of nitrogens with two attached hydrogens (primary N) is 2. The Morgan fingerprint density at radius 2 is 1.71 bits per heavy atom. The number of ether oxygens (including phenoxy) is 2. The number of Topliss-reactive ketones (excluding diaryl/α,β-unsaturated/α-hetero) is 1. The highest BCUT2D eigenvalue weighted by atomic mass is 16.5. The van der Waals surface area contributed by atoms with Gasteiger partial charge in [-0.05, 0) is 49.4 Å². The smallest absolute Gasteiger partial charge is 0.435 e.